The van der Waals surface area contributed by atoms with Gasteiger partial charge in [0.1, 0.15) is 5.82 Å². The van der Waals surface area contributed by atoms with Gasteiger partial charge in [0.25, 0.3) is 0 Å². The van der Waals surface area contributed by atoms with Crippen LogP contribution in [0.3, 0.4) is 0 Å². The fraction of sp³-hybridized carbons (Fsp3) is 0.455. The Morgan fingerprint density at radius 1 is 1.12 bits per heavy atom. The van der Waals surface area contributed by atoms with E-state index in [4.69, 9.17) is 5.11 Å². The van der Waals surface area contributed by atoms with E-state index in [1.54, 1.807) is 0 Å². The van der Waals surface area contributed by atoms with Crippen LogP contribution in [0.15, 0.2) is 12.1 Å². The summed E-state index contributed by atoms with van der Waals surface area (Å²) in [6.07, 6.45) is 0.934. The molecule has 0 atom stereocenters. The summed E-state index contributed by atoms with van der Waals surface area (Å²) in [7, 11) is 0. The predicted octanol–water partition coefficient (Wildman–Crippen LogP) is 1.72. The largest absolute Gasteiger partial charge is 0.393 e. The standard InChI is InChI=1S/C11H12F3NO/c12-9-4-11(14)10(13)1-6(9)5-15-7-2-8(16)3-7/h1,4,7-8,15-16H,2-3,5H2. The van der Waals surface area contributed by atoms with Gasteiger partial charge in [0.15, 0.2) is 11.6 Å². The van der Waals surface area contributed by atoms with Gasteiger partial charge in [0.05, 0.1) is 6.10 Å². The van der Waals surface area contributed by atoms with E-state index in [-0.39, 0.29) is 24.3 Å². The minimum atomic E-state index is -1.18. The van der Waals surface area contributed by atoms with Gasteiger partial charge in [-0.15, -0.1) is 0 Å². The monoisotopic (exact) mass is 231 g/mol. The molecular formula is C11H12F3NO. The van der Waals surface area contributed by atoms with Gasteiger partial charge in [-0.2, -0.15) is 0 Å². The SMILES string of the molecule is OC1CC(NCc2cc(F)c(F)cc2F)C1. The van der Waals surface area contributed by atoms with Crippen molar-refractivity contribution in [3.63, 3.8) is 0 Å². The lowest BCUT2D eigenvalue weighted by atomic mass is 9.89. The van der Waals surface area contributed by atoms with Crippen LogP contribution < -0.4 is 5.32 Å². The Morgan fingerprint density at radius 2 is 1.75 bits per heavy atom. The van der Waals surface area contributed by atoms with Gasteiger partial charge < -0.3 is 10.4 Å². The topological polar surface area (TPSA) is 32.3 Å². The highest BCUT2D eigenvalue weighted by Gasteiger charge is 2.26. The van der Waals surface area contributed by atoms with Crippen LogP contribution in [0, 0.1) is 17.5 Å². The predicted molar refractivity (Wildman–Crippen MR) is 52.2 cm³/mol. The molecule has 1 aliphatic rings. The third kappa shape index (κ3) is 2.36. The molecule has 0 radical (unpaired) electrons. The minimum absolute atomic E-state index is 0.0975. The number of rotatable bonds is 3. The first-order chi connectivity index (χ1) is 7.56. The van der Waals surface area contributed by atoms with Crippen LogP contribution in [0.4, 0.5) is 13.2 Å². The van der Waals surface area contributed by atoms with Gasteiger partial charge in [-0.1, -0.05) is 0 Å². The molecule has 1 saturated carbocycles. The van der Waals surface area contributed by atoms with E-state index in [2.05, 4.69) is 5.32 Å². The zero-order valence-electron chi connectivity index (χ0n) is 8.51. The molecule has 5 heteroatoms. The Bertz CT molecular complexity index is 391. The normalized spacial score (nSPS) is 24.2. The lowest BCUT2D eigenvalue weighted by molar-refractivity contribution is 0.0618. The van der Waals surface area contributed by atoms with Crippen LogP contribution in [-0.4, -0.2) is 17.3 Å². The smallest absolute Gasteiger partial charge is 0.161 e. The summed E-state index contributed by atoms with van der Waals surface area (Å²) in [5, 5.41) is 12.0. The van der Waals surface area contributed by atoms with E-state index in [0.29, 0.717) is 18.9 Å². The molecule has 0 aliphatic heterocycles. The summed E-state index contributed by atoms with van der Waals surface area (Å²) in [6.45, 7) is 0.139. The summed E-state index contributed by atoms with van der Waals surface area (Å²) in [5.41, 5.74) is 0.0975. The van der Waals surface area contributed by atoms with Gasteiger partial charge in [0, 0.05) is 24.2 Å². The third-order valence-corrected chi connectivity index (χ3v) is 2.78. The molecule has 1 fully saturated rings. The highest BCUT2D eigenvalue weighted by Crippen LogP contribution is 2.20. The molecule has 0 saturated heterocycles. The molecule has 0 aromatic heterocycles. The number of benzene rings is 1. The molecule has 0 heterocycles. The molecule has 0 unspecified atom stereocenters. The average Bonchev–Trinajstić information content (AvgIpc) is 2.18. The Kier molecular flexibility index (Phi) is 3.16. The van der Waals surface area contributed by atoms with Crippen LogP contribution in [-0.2, 0) is 6.54 Å². The maximum atomic E-state index is 13.2. The Morgan fingerprint density at radius 3 is 2.38 bits per heavy atom. The first kappa shape index (κ1) is 11.4. The van der Waals surface area contributed by atoms with E-state index in [1.165, 1.54) is 0 Å². The summed E-state index contributed by atoms with van der Waals surface area (Å²) >= 11 is 0. The molecule has 2 rings (SSSR count). The Hall–Kier alpha value is -1.07. The fourth-order valence-corrected chi connectivity index (χ4v) is 1.71. The van der Waals surface area contributed by atoms with Crippen molar-refractivity contribution in [2.45, 2.75) is 31.5 Å². The van der Waals surface area contributed by atoms with Gasteiger partial charge in [-0.25, -0.2) is 13.2 Å². The zero-order valence-corrected chi connectivity index (χ0v) is 8.51. The number of hydrogen-bond acceptors (Lipinski definition) is 2. The number of aliphatic hydroxyl groups is 1. The number of aliphatic hydroxyl groups excluding tert-OH is 1. The van der Waals surface area contributed by atoms with Crippen LogP contribution in [0.2, 0.25) is 0 Å². The third-order valence-electron chi connectivity index (χ3n) is 2.78. The van der Waals surface area contributed by atoms with Crippen LogP contribution in [0.1, 0.15) is 18.4 Å². The van der Waals surface area contributed by atoms with E-state index in [1.807, 2.05) is 0 Å². The molecule has 0 spiro atoms. The lowest BCUT2D eigenvalue weighted by Gasteiger charge is -2.32. The average molecular weight is 231 g/mol. The van der Waals surface area contributed by atoms with E-state index < -0.39 is 17.5 Å². The van der Waals surface area contributed by atoms with Crippen LogP contribution in [0.5, 0.6) is 0 Å². The molecule has 0 amide bonds. The lowest BCUT2D eigenvalue weighted by Crippen LogP contribution is -2.43. The van der Waals surface area contributed by atoms with Crippen molar-refractivity contribution in [3.8, 4) is 0 Å². The Labute approximate surface area is 91.1 Å². The number of halogens is 3. The first-order valence-electron chi connectivity index (χ1n) is 5.11. The summed E-state index contributed by atoms with van der Waals surface area (Å²) in [6, 6.07) is 1.52. The molecule has 1 aromatic carbocycles. The van der Waals surface area contributed by atoms with Crippen LogP contribution >= 0.6 is 0 Å². The fourth-order valence-electron chi connectivity index (χ4n) is 1.71. The van der Waals surface area contributed by atoms with Crippen molar-refractivity contribution in [1.82, 2.24) is 5.32 Å². The highest BCUT2D eigenvalue weighted by atomic mass is 19.2. The van der Waals surface area contributed by atoms with Crippen molar-refractivity contribution in [3.05, 3.63) is 35.1 Å². The second-order valence-corrected chi connectivity index (χ2v) is 4.06. The van der Waals surface area contributed by atoms with Gasteiger partial charge in [0.2, 0.25) is 0 Å². The van der Waals surface area contributed by atoms with Crippen LogP contribution in [0.25, 0.3) is 0 Å². The molecule has 88 valence electrons. The van der Waals surface area contributed by atoms with Crippen molar-refractivity contribution < 1.29 is 18.3 Å². The molecule has 2 N–H and O–H groups in total. The highest BCUT2D eigenvalue weighted by molar-refractivity contribution is 5.20. The number of hydrogen-bond donors (Lipinski definition) is 2. The summed E-state index contributed by atoms with van der Waals surface area (Å²) in [5.74, 6) is -2.99. The van der Waals surface area contributed by atoms with Crippen molar-refractivity contribution in [2.24, 2.45) is 0 Å². The number of nitrogens with one attached hydrogen (secondary N) is 1. The van der Waals surface area contributed by atoms with E-state index in [9.17, 15) is 13.2 Å². The zero-order chi connectivity index (χ0) is 11.7. The summed E-state index contributed by atoms with van der Waals surface area (Å²) in [4.78, 5) is 0. The molecule has 16 heavy (non-hydrogen) atoms. The summed E-state index contributed by atoms with van der Waals surface area (Å²) < 4.78 is 38.6. The molecule has 1 aliphatic carbocycles. The van der Waals surface area contributed by atoms with Crippen molar-refractivity contribution in [2.75, 3.05) is 0 Å². The molecule has 2 nitrogen and oxygen atoms in total. The minimum Gasteiger partial charge on any atom is -0.393 e. The van der Waals surface area contributed by atoms with Crippen molar-refractivity contribution >= 4 is 0 Å². The van der Waals surface area contributed by atoms with Gasteiger partial charge in [-0.05, 0) is 18.9 Å². The van der Waals surface area contributed by atoms with Gasteiger partial charge >= 0.3 is 0 Å². The maximum Gasteiger partial charge on any atom is 0.161 e. The molecule has 0 bridgehead atoms. The Balaban J connectivity index is 1.96. The van der Waals surface area contributed by atoms with E-state index in [0.717, 1.165) is 6.07 Å². The second-order valence-electron chi connectivity index (χ2n) is 4.06. The van der Waals surface area contributed by atoms with Crippen molar-refractivity contribution in [1.29, 1.82) is 0 Å². The maximum absolute atomic E-state index is 13.2. The first-order valence-corrected chi connectivity index (χ1v) is 5.11. The van der Waals surface area contributed by atoms with E-state index >= 15 is 0 Å². The van der Waals surface area contributed by atoms with Gasteiger partial charge in [-0.3, -0.25) is 0 Å². The quantitative estimate of drug-likeness (QED) is 0.776. The molecule has 1 aromatic rings. The molecular weight excluding hydrogens is 219 g/mol. The second kappa shape index (κ2) is 4.43.